The van der Waals surface area contributed by atoms with Crippen LogP contribution in [0.15, 0.2) is 60.9 Å². The van der Waals surface area contributed by atoms with Crippen LogP contribution in [-0.2, 0) is 4.74 Å². The SMILES string of the molecule is Cc1ccnc2ccc(-c3c(-c4ccc(F)cc4)nc(N)c4nc(C(=O)NC5CCOCC5)cn34)cc12. The molecule has 1 aliphatic rings. The van der Waals surface area contributed by atoms with Crippen molar-refractivity contribution in [1.82, 2.24) is 24.7 Å². The number of carbonyl (C=O) groups is 1. The number of aromatic nitrogens is 4. The van der Waals surface area contributed by atoms with Crippen LogP contribution in [0.5, 0.6) is 0 Å². The maximum absolute atomic E-state index is 13.7. The van der Waals surface area contributed by atoms with Crippen LogP contribution in [0.3, 0.4) is 0 Å². The van der Waals surface area contributed by atoms with E-state index >= 15 is 0 Å². The van der Waals surface area contributed by atoms with Gasteiger partial charge in [-0.1, -0.05) is 6.07 Å². The molecule has 0 bridgehead atoms. The van der Waals surface area contributed by atoms with E-state index in [0.29, 0.717) is 35.8 Å². The average molecular weight is 497 g/mol. The number of benzene rings is 2. The van der Waals surface area contributed by atoms with Crippen molar-refractivity contribution in [3.63, 3.8) is 0 Å². The van der Waals surface area contributed by atoms with E-state index in [9.17, 15) is 9.18 Å². The Hall–Kier alpha value is -4.37. The number of nitrogens with two attached hydrogens (primary N) is 1. The maximum Gasteiger partial charge on any atom is 0.271 e. The molecule has 3 N–H and O–H groups in total. The van der Waals surface area contributed by atoms with Crippen LogP contribution < -0.4 is 11.1 Å². The van der Waals surface area contributed by atoms with E-state index in [0.717, 1.165) is 34.9 Å². The van der Waals surface area contributed by atoms with Gasteiger partial charge >= 0.3 is 0 Å². The van der Waals surface area contributed by atoms with Crippen molar-refractivity contribution in [2.45, 2.75) is 25.8 Å². The number of nitrogens with one attached hydrogen (secondary N) is 1. The van der Waals surface area contributed by atoms with Gasteiger partial charge in [0.25, 0.3) is 5.91 Å². The predicted molar refractivity (Wildman–Crippen MR) is 140 cm³/mol. The molecule has 1 fully saturated rings. The van der Waals surface area contributed by atoms with Crippen molar-refractivity contribution < 1.29 is 13.9 Å². The molecule has 1 amide bonds. The number of amides is 1. The Morgan fingerprint density at radius 3 is 2.62 bits per heavy atom. The Bertz CT molecular complexity index is 1640. The maximum atomic E-state index is 13.7. The van der Waals surface area contributed by atoms with Gasteiger partial charge in [-0.05, 0) is 67.8 Å². The van der Waals surface area contributed by atoms with E-state index < -0.39 is 0 Å². The van der Waals surface area contributed by atoms with Gasteiger partial charge in [0.1, 0.15) is 11.5 Å². The van der Waals surface area contributed by atoms with Gasteiger partial charge < -0.3 is 15.8 Å². The van der Waals surface area contributed by atoms with Crippen LogP contribution in [0, 0.1) is 12.7 Å². The van der Waals surface area contributed by atoms with Crippen molar-refractivity contribution in [1.29, 1.82) is 0 Å². The number of hydrogen-bond donors (Lipinski definition) is 2. The van der Waals surface area contributed by atoms with Gasteiger partial charge in [0.15, 0.2) is 11.5 Å². The van der Waals surface area contributed by atoms with Crippen LogP contribution in [-0.4, -0.2) is 44.5 Å². The normalized spacial score (nSPS) is 14.3. The number of nitrogen functional groups attached to an aromatic ring is 1. The molecule has 0 radical (unpaired) electrons. The van der Waals surface area contributed by atoms with Gasteiger partial charge in [-0.3, -0.25) is 14.2 Å². The molecule has 8 nitrogen and oxygen atoms in total. The van der Waals surface area contributed by atoms with Crippen LogP contribution in [0.4, 0.5) is 10.2 Å². The number of carbonyl (C=O) groups excluding carboxylic acids is 1. The molecule has 3 aromatic heterocycles. The Labute approximate surface area is 212 Å². The molecule has 4 heterocycles. The summed E-state index contributed by atoms with van der Waals surface area (Å²) in [5.74, 6) is -0.448. The molecule has 2 aromatic carbocycles. The lowest BCUT2D eigenvalue weighted by atomic mass is 10.0. The molecule has 186 valence electrons. The van der Waals surface area contributed by atoms with Gasteiger partial charge in [0.05, 0.1) is 16.9 Å². The van der Waals surface area contributed by atoms with E-state index in [1.54, 1.807) is 28.9 Å². The largest absolute Gasteiger partial charge is 0.381 e. The van der Waals surface area contributed by atoms with Gasteiger partial charge in [-0.25, -0.2) is 14.4 Å². The molecule has 0 saturated carbocycles. The third kappa shape index (κ3) is 4.27. The van der Waals surface area contributed by atoms with Crippen molar-refractivity contribution in [2.75, 3.05) is 18.9 Å². The highest BCUT2D eigenvalue weighted by Crippen LogP contribution is 2.35. The fourth-order valence-corrected chi connectivity index (χ4v) is 4.80. The third-order valence-corrected chi connectivity index (χ3v) is 6.77. The number of pyridine rings is 1. The van der Waals surface area contributed by atoms with Crippen molar-refractivity contribution in [3.05, 3.63) is 78.0 Å². The summed E-state index contributed by atoms with van der Waals surface area (Å²) in [6, 6.07) is 14.0. The molecule has 5 aromatic rings. The lowest BCUT2D eigenvalue weighted by Gasteiger charge is -2.22. The summed E-state index contributed by atoms with van der Waals surface area (Å²) >= 11 is 0. The molecule has 0 unspecified atom stereocenters. The number of fused-ring (bicyclic) bond motifs is 2. The topological polar surface area (TPSA) is 107 Å². The fraction of sp³-hybridized carbons (Fsp3) is 0.214. The average Bonchev–Trinajstić information content (AvgIpc) is 3.36. The minimum atomic E-state index is -0.346. The van der Waals surface area contributed by atoms with Crippen molar-refractivity contribution in [2.24, 2.45) is 0 Å². The lowest BCUT2D eigenvalue weighted by molar-refractivity contribution is 0.0694. The summed E-state index contributed by atoms with van der Waals surface area (Å²) in [6.45, 7) is 3.27. The van der Waals surface area contributed by atoms with Crippen LogP contribution in [0.2, 0.25) is 0 Å². The molecule has 0 atom stereocenters. The van der Waals surface area contributed by atoms with Gasteiger partial charge in [-0.2, -0.15) is 0 Å². The van der Waals surface area contributed by atoms with E-state index in [4.69, 9.17) is 10.5 Å². The smallest absolute Gasteiger partial charge is 0.271 e. The quantitative estimate of drug-likeness (QED) is 0.378. The molecule has 1 saturated heterocycles. The second-order valence-electron chi connectivity index (χ2n) is 9.24. The van der Waals surface area contributed by atoms with E-state index in [1.807, 2.05) is 31.2 Å². The Kier molecular flexibility index (Phi) is 5.77. The number of nitrogens with zero attached hydrogens (tertiary/aromatic N) is 4. The highest BCUT2D eigenvalue weighted by Gasteiger charge is 2.23. The first-order valence-electron chi connectivity index (χ1n) is 12.2. The number of imidazole rings is 1. The fourth-order valence-electron chi connectivity index (χ4n) is 4.80. The predicted octanol–water partition coefficient (Wildman–Crippen LogP) is 4.55. The van der Waals surface area contributed by atoms with Crippen LogP contribution >= 0.6 is 0 Å². The zero-order valence-corrected chi connectivity index (χ0v) is 20.2. The Balaban J connectivity index is 1.55. The van der Waals surface area contributed by atoms with Gasteiger partial charge in [-0.15, -0.1) is 0 Å². The highest BCUT2D eigenvalue weighted by molar-refractivity contribution is 5.95. The number of rotatable bonds is 4. The monoisotopic (exact) mass is 496 g/mol. The molecule has 9 heteroatoms. The minimum absolute atomic E-state index is 0.0340. The first kappa shape index (κ1) is 23.1. The number of halogens is 1. The molecule has 0 spiro atoms. The standard InChI is InChI=1S/C28H25FN6O2/c1-16-8-11-31-22-7-4-18(14-21(16)22)25-24(17-2-5-19(29)6-3-17)34-26(30)27-33-23(15-35(25)27)28(36)32-20-9-12-37-13-10-20/h2-8,11,14-15,20H,9-10,12-13H2,1H3,(H2,30,34)(H,32,36). The molecular formula is C28H25FN6O2. The van der Waals surface area contributed by atoms with Crippen LogP contribution in [0.1, 0.15) is 28.9 Å². The number of ether oxygens (including phenoxy) is 1. The van der Waals surface area contributed by atoms with Gasteiger partial charge in [0, 0.05) is 48.2 Å². The number of anilines is 1. The minimum Gasteiger partial charge on any atom is -0.381 e. The van der Waals surface area contributed by atoms with E-state index in [1.165, 1.54) is 12.1 Å². The zero-order valence-electron chi connectivity index (χ0n) is 20.2. The second kappa shape index (κ2) is 9.25. The molecule has 6 rings (SSSR count). The third-order valence-electron chi connectivity index (χ3n) is 6.77. The summed E-state index contributed by atoms with van der Waals surface area (Å²) in [5, 5.41) is 4.05. The second-order valence-corrected chi connectivity index (χ2v) is 9.24. The first-order chi connectivity index (χ1) is 18.0. The summed E-state index contributed by atoms with van der Waals surface area (Å²) in [7, 11) is 0. The van der Waals surface area contributed by atoms with Crippen molar-refractivity contribution >= 4 is 28.3 Å². The number of hydrogen-bond acceptors (Lipinski definition) is 6. The Morgan fingerprint density at radius 1 is 1.08 bits per heavy atom. The van der Waals surface area contributed by atoms with E-state index in [-0.39, 0.29) is 29.3 Å². The summed E-state index contributed by atoms with van der Waals surface area (Å²) in [5.41, 5.74) is 11.7. The summed E-state index contributed by atoms with van der Waals surface area (Å²) in [4.78, 5) is 26.8. The van der Waals surface area contributed by atoms with Gasteiger partial charge in [0.2, 0.25) is 0 Å². The molecule has 37 heavy (non-hydrogen) atoms. The van der Waals surface area contributed by atoms with Crippen molar-refractivity contribution in [3.8, 4) is 22.5 Å². The highest BCUT2D eigenvalue weighted by atomic mass is 19.1. The summed E-state index contributed by atoms with van der Waals surface area (Å²) in [6.07, 6.45) is 4.98. The number of aryl methyl sites for hydroxylation is 1. The lowest BCUT2D eigenvalue weighted by Crippen LogP contribution is -2.39. The van der Waals surface area contributed by atoms with E-state index in [2.05, 4.69) is 20.3 Å². The summed E-state index contributed by atoms with van der Waals surface area (Å²) < 4.78 is 20.9. The molecule has 0 aliphatic carbocycles. The zero-order chi connectivity index (χ0) is 25.5. The Morgan fingerprint density at radius 2 is 1.84 bits per heavy atom. The molecule has 1 aliphatic heterocycles. The molecular weight excluding hydrogens is 471 g/mol. The van der Waals surface area contributed by atoms with Crippen LogP contribution in [0.25, 0.3) is 39.1 Å². The first-order valence-corrected chi connectivity index (χ1v) is 12.2.